The van der Waals surface area contributed by atoms with Crippen LogP contribution in [0.25, 0.3) is 0 Å². The maximum atomic E-state index is 13.3. The zero-order valence-corrected chi connectivity index (χ0v) is 15.5. The van der Waals surface area contributed by atoms with Crippen molar-refractivity contribution in [1.82, 2.24) is 4.90 Å². The van der Waals surface area contributed by atoms with Crippen LogP contribution < -0.4 is 5.73 Å². The van der Waals surface area contributed by atoms with Gasteiger partial charge in [0.1, 0.15) is 12.0 Å². The summed E-state index contributed by atoms with van der Waals surface area (Å²) in [6, 6.07) is 6.89. The number of benzene rings is 1. The highest BCUT2D eigenvalue weighted by molar-refractivity contribution is 5.94. The summed E-state index contributed by atoms with van der Waals surface area (Å²) in [4.78, 5) is 14.5. The molecule has 0 bridgehead atoms. The van der Waals surface area contributed by atoms with Crippen molar-refractivity contribution in [3.63, 3.8) is 0 Å². The number of halogens is 4. The minimum Gasteiger partial charge on any atom is -0.467 e. The third kappa shape index (κ3) is 4.84. The fourth-order valence-electron chi connectivity index (χ4n) is 3.47. The minimum absolute atomic E-state index is 0. The molecule has 1 saturated carbocycles. The van der Waals surface area contributed by atoms with Gasteiger partial charge in [0, 0.05) is 12.6 Å². The van der Waals surface area contributed by atoms with Gasteiger partial charge in [-0.1, -0.05) is 31.0 Å². The molecule has 1 aromatic carbocycles. The van der Waals surface area contributed by atoms with Crippen LogP contribution in [0.2, 0.25) is 0 Å². The Morgan fingerprint density at radius 3 is 2.48 bits per heavy atom. The van der Waals surface area contributed by atoms with E-state index in [4.69, 9.17) is 10.2 Å². The quantitative estimate of drug-likeness (QED) is 0.784. The minimum atomic E-state index is -4.46. The molecule has 0 atom stereocenters. The highest BCUT2D eigenvalue weighted by Crippen LogP contribution is 2.34. The lowest BCUT2D eigenvalue weighted by atomic mass is 10.0. The van der Waals surface area contributed by atoms with Crippen molar-refractivity contribution >= 4 is 18.3 Å². The van der Waals surface area contributed by atoms with E-state index in [1.807, 2.05) is 0 Å². The fraction of sp³-hybridized carbons (Fsp3) is 0.421. The number of rotatable bonds is 5. The van der Waals surface area contributed by atoms with Crippen molar-refractivity contribution in [3.05, 3.63) is 59.0 Å². The van der Waals surface area contributed by atoms with Gasteiger partial charge >= 0.3 is 6.18 Å². The molecule has 8 heteroatoms. The Kier molecular flexibility index (Phi) is 6.95. The number of nitrogens with zero attached hydrogens (tertiary/aromatic N) is 1. The molecule has 1 fully saturated rings. The summed E-state index contributed by atoms with van der Waals surface area (Å²) in [5.74, 6) is 0.146. The van der Waals surface area contributed by atoms with E-state index < -0.39 is 11.7 Å². The molecule has 2 aromatic rings. The topological polar surface area (TPSA) is 59.5 Å². The van der Waals surface area contributed by atoms with E-state index in [0.29, 0.717) is 11.3 Å². The van der Waals surface area contributed by atoms with Crippen LogP contribution in [0.5, 0.6) is 0 Å². The first-order valence-corrected chi connectivity index (χ1v) is 8.63. The Balaban J connectivity index is 0.00000261. The summed E-state index contributed by atoms with van der Waals surface area (Å²) in [5.41, 5.74) is 5.23. The van der Waals surface area contributed by atoms with Crippen molar-refractivity contribution < 1.29 is 22.4 Å². The molecule has 148 valence electrons. The second-order valence-electron chi connectivity index (χ2n) is 6.53. The Morgan fingerprint density at radius 2 is 1.89 bits per heavy atom. The van der Waals surface area contributed by atoms with Crippen LogP contribution >= 0.6 is 12.4 Å². The third-order valence-corrected chi connectivity index (χ3v) is 4.79. The first-order valence-electron chi connectivity index (χ1n) is 8.63. The number of alkyl halides is 3. The van der Waals surface area contributed by atoms with E-state index in [-0.39, 0.29) is 43.0 Å². The van der Waals surface area contributed by atoms with Crippen molar-refractivity contribution in [2.24, 2.45) is 5.73 Å². The molecule has 0 radical (unpaired) electrons. The maximum absolute atomic E-state index is 13.3. The molecule has 27 heavy (non-hydrogen) atoms. The van der Waals surface area contributed by atoms with Gasteiger partial charge in [-0.25, -0.2) is 0 Å². The lowest BCUT2D eigenvalue weighted by molar-refractivity contribution is -0.138. The summed E-state index contributed by atoms with van der Waals surface area (Å²) >= 11 is 0. The summed E-state index contributed by atoms with van der Waals surface area (Å²) in [5, 5.41) is 0. The van der Waals surface area contributed by atoms with Crippen LogP contribution in [-0.4, -0.2) is 16.8 Å². The molecule has 4 nitrogen and oxygen atoms in total. The Labute approximate surface area is 161 Å². The normalized spacial score (nSPS) is 14.8. The molecule has 1 aliphatic carbocycles. The lowest BCUT2D eigenvalue weighted by Crippen LogP contribution is -2.38. The molecule has 0 spiro atoms. The van der Waals surface area contributed by atoms with Crippen LogP contribution in [0.4, 0.5) is 13.2 Å². The number of hydrogen-bond donors (Lipinski definition) is 1. The van der Waals surface area contributed by atoms with E-state index in [9.17, 15) is 18.0 Å². The van der Waals surface area contributed by atoms with E-state index in [1.54, 1.807) is 17.0 Å². The zero-order valence-electron chi connectivity index (χ0n) is 14.7. The number of furan rings is 1. The van der Waals surface area contributed by atoms with Crippen LogP contribution in [-0.2, 0) is 19.3 Å². The van der Waals surface area contributed by atoms with Gasteiger partial charge in [0.25, 0.3) is 5.91 Å². The third-order valence-electron chi connectivity index (χ3n) is 4.79. The molecule has 3 rings (SSSR count). The van der Waals surface area contributed by atoms with E-state index in [2.05, 4.69) is 0 Å². The fourth-order valence-corrected chi connectivity index (χ4v) is 3.47. The highest BCUT2D eigenvalue weighted by atomic mass is 35.5. The molecule has 0 saturated heterocycles. The predicted octanol–water partition coefficient (Wildman–Crippen LogP) is 4.76. The molecule has 1 aliphatic rings. The summed E-state index contributed by atoms with van der Waals surface area (Å²) < 4.78 is 45.2. The summed E-state index contributed by atoms with van der Waals surface area (Å²) in [6.07, 6.45) is 0.387. The number of carbonyl (C=O) groups is 1. The second-order valence-corrected chi connectivity index (χ2v) is 6.53. The molecule has 2 N–H and O–H groups in total. The van der Waals surface area contributed by atoms with Gasteiger partial charge in [-0.05, 0) is 30.5 Å². The Morgan fingerprint density at radius 1 is 1.22 bits per heavy atom. The van der Waals surface area contributed by atoms with Crippen molar-refractivity contribution in [2.75, 3.05) is 0 Å². The molecular formula is C19H22ClF3N2O2. The Hall–Kier alpha value is -1.99. The smallest absolute Gasteiger partial charge is 0.416 e. The largest absolute Gasteiger partial charge is 0.467 e. The highest BCUT2D eigenvalue weighted by Gasteiger charge is 2.35. The second kappa shape index (κ2) is 8.80. The zero-order chi connectivity index (χ0) is 18.7. The number of hydrogen-bond acceptors (Lipinski definition) is 3. The van der Waals surface area contributed by atoms with Crippen LogP contribution in [0.3, 0.4) is 0 Å². The number of carbonyl (C=O) groups excluding carboxylic acids is 1. The first-order chi connectivity index (χ1) is 12.4. The number of amides is 1. The van der Waals surface area contributed by atoms with E-state index in [0.717, 1.165) is 31.7 Å². The van der Waals surface area contributed by atoms with Gasteiger partial charge < -0.3 is 15.1 Å². The predicted molar refractivity (Wildman–Crippen MR) is 97.4 cm³/mol. The average molecular weight is 403 g/mol. The SMILES string of the molecule is Cl.NCc1cc(C(=O)N(Cc2ccccc2C(F)(F)F)C2CCCC2)co1. The number of nitrogens with two attached hydrogens (primary N) is 1. The molecule has 0 unspecified atom stereocenters. The van der Waals surface area contributed by atoms with Gasteiger partial charge in [-0.15, -0.1) is 12.4 Å². The van der Waals surface area contributed by atoms with Gasteiger partial charge in [0.2, 0.25) is 0 Å². The molecular weight excluding hydrogens is 381 g/mol. The molecule has 1 aromatic heterocycles. The van der Waals surface area contributed by atoms with Crippen LogP contribution in [0.15, 0.2) is 41.0 Å². The van der Waals surface area contributed by atoms with Crippen molar-refractivity contribution in [3.8, 4) is 0 Å². The van der Waals surface area contributed by atoms with Gasteiger partial charge in [-0.3, -0.25) is 4.79 Å². The van der Waals surface area contributed by atoms with Crippen molar-refractivity contribution in [1.29, 1.82) is 0 Å². The van der Waals surface area contributed by atoms with E-state index in [1.165, 1.54) is 18.4 Å². The Bertz CT molecular complexity index is 770. The summed E-state index contributed by atoms with van der Waals surface area (Å²) in [6.45, 7) is 0.0793. The average Bonchev–Trinajstić information content (AvgIpc) is 3.30. The molecule has 1 amide bonds. The first kappa shape index (κ1) is 21.3. The summed E-state index contributed by atoms with van der Waals surface area (Å²) in [7, 11) is 0. The lowest BCUT2D eigenvalue weighted by Gasteiger charge is -2.30. The monoisotopic (exact) mass is 402 g/mol. The standard InChI is InChI=1S/C19H21F3N2O2.ClH/c20-19(21,22)17-8-4-1-5-13(17)11-24(15-6-2-3-7-15)18(25)14-9-16(10-23)26-12-14;/h1,4-5,8-9,12,15H,2-3,6-7,10-11,23H2;1H. The van der Waals surface area contributed by atoms with Crippen LogP contribution in [0, 0.1) is 0 Å². The maximum Gasteiger partial charge on any atom is 0.416 e. The van der Waals surface area contributed by atoms with Gasteiger partial charge in [0.15, 0.2) is 0 Å². The molecule has 1 heterocycles. The van der Waals surface area contributed by atoms with E-state index >= 15 is 0 Å². The van der Waals surface area contributed by atoms with Gasteiger partial charge in [0.05, 0.1) is 17.7 Å². The van der Waals surface area contributed by atoms with Crippen molar-refractivity contribution in [2.45, 2.75) is 51.0 Å². The van der Waals surface area contributed by atoms with Crippen LogP contribution in [0.1, 0.15) is 52.9 Å². The molecule has 0 aliphatic heterocycles. The van der Waals surface area contributed by atoms with Gasteiger partial charge in [-0.2, -0.15) is 13.2 Å².